The van der Waals surface area contributed by atoms with Crippen LogP contribution in [0.25, 0.3) is 0 Å². The van der Waals surface area contributed by atoms with Gasteiger partial charge in [0.25, 0.3) is 5.91 Å². The number of benzene rings is 2. The van der Waals surface area contributed by atoms with Gasteiger partial charge in [0.05, 0.1) is 18.2 Å². The van der Waals surface area contributed by atoms with Crippen molar-refractivity contribution in [3.63, 3.8) is 0 Å². The Kier molecular flexibility index (Phi) is 13.5. The van der Waals surface area contributed by atoms with E-state index in [0.29, 0.717) is 67.4 Å². The monoisotopic (exact) mass is 772 g/mol. The molecule has 2 aromatic rings. The number of oxime groups is 1. The molecule has 11 heteroatoms. The topological polar surface area (TPSA) is 129 Å². The van der Waals surface area contributed by atoms with E-state index in [1.165, 1.54) is 0 Å². The molecule has 2 heterocycles. The van der Waals surface area contributed by atoms with E-state index in [4.69, 9.17) is 33.7 Å². The van der Waals surface area contributed by atoms with Crippen LogP contribution in [-0.2, 0) is 9.57 Å². The minimum atomic E-state index is -1.35. The number of carbonyl (C=O) groups is 1. The molecule has 2 aliphatic heterocycles. The van der Waals surface area contributed by atoms with Crippen molar-refractivity contribution in [1.82, 2.24) is 4.90 Å². The summed E-state index contributed by atoms with van der Waals surface area (Å²) in [6, 6.07) is 10.6. The Morgan fingerprint density at radius 2 is 1.71 bits per heavy atom. The molecule has 2 aliphatic carbocycles. The van der Waals surface area contributed by atoms with Gasteiger partial charge in [0.2, 0.25) is 12.6 Å². The molecular weight excluding hydrogens is 713 g/mol. The first kappa shape index (κ1) is 41.3. The number of fused-ring (bicyclic) bond motifs is 3. The quantitative estimate of drug-likeness (QED) is 0.0831. The van der Waals surface area contributed by atoms with Crippen LogP contribution in [0.2, 0.25) is 0 Å². The third-order valence-electron chi connectivity index (χ3n) is 11.2. The molecular formula is C45H60N2O9. The molecule has 0 radical (unpaired) electrons. The second kappa shape index (κ2) is 18.3. The normalized spacial score (nSPS) is 25.4. The highest BCUT2D eigenvalue weighted by molar-refractivity contribution is 6.03. The lowest BCUT2D eigenvalue weighted by atomic mass is 9.55. The van der Waals surface area contributed by atoms with Crippen molar-refractivity contribution in [2.45, 2.75) is 102 Å². The minimum Gasteiger partial charge on any atom is -0.490 e. The van der Waals surface area contributed by atoms with Gasteiger partial charge in [0.1, 0.15) is 29.7 Å². The molecule has 0 unspecified atom stereocenters. The van der Waals surface area contributed by atoms with Crippen molar-refractivity contribution < 1.29 is 43.5 Å². The van der Waals surface area contributed by atoms with E-state index in [9.17, 15) is 15.0 Å². The molecule has 56 heavy (non-hydrogen) atoms. The molecule has 1 saturated carbocycles. The Labute approximate surface area is 331 Å². The summed E-state index contributed by atoms with van der Waals surface area (Å²) in [5.41, 5.74) is 2.64. The number of nitrogens with zero attached hydrogens (tertiary/aromatic N) is 2. The van der Waals surface area contributed by atoms with Crippen LogP contribution >= 0.6 is 0 Å². The zero-order valence-electron chi connectivity index (χ0n) is 33.5. The maximum atomic E-state index is 15.0. The molecule has 1 amide bonds. The van der Waals surface area contributed by atoms with E-state index in [0.717, 1.165) is 42.5 Å². The highest BCUT2D eigenvalue weighted by Crippen LogP contribution is 2.62. The van der Waals surface area contributed by atoms with Gasteiger partial charge in [-0.15, -0.1) is 6.58 Å². The zero-order chi connectivity index (χ0) is 39.9. The number of allylic oxidation sites excluding steroid dienone is 1. The molecule has 0 bridgehead atoms. The van der Waals surface area contributed by atoms with Crippen LogP contribution in [0.1, 0.15) is 101 Å². The number of carbonyl (C=O) groups excluding carboxylic acids is 1. The molecule has 2 N–H and O–H groups in total. The Morgan fingerprint density at radius 1 is 0.982 bits per heavy atom. The largest absolute Gasteiger partial charge is 0.490 e. The summed E-state index contributed by atoms with van der Waals surface area (Å²) in [5.74, 6) is 0.631. The Balaban J connectivity index is 1.60. The van der Waals surface area contributed by atoms with Crippen LogP contribution in [0.5, 0.6) is 23.0 Å². The van der Waals surface area contributed by atoms with Gasteiger partial charge < -0.3 is 43.6 Å². The summed E-state index contributed by atoms with van der Waals surface area (Å²) >= 11 is 0. The lowest BCUT2D eigenvalue weighted by molar-refractivity contribution is -0.254. The third kappa shape index (κ3) is 8.65. The molecule has 304 valence electrons. The predicted octanol–water partition coefficient (Wildman–Crippen LogP) is 7.96. The predicted molar refractivity (Wildman–Crippen MR) is 215 cm³/mol. The maximum Gasteiger partial charge on any atom is 0.254 e. The molecule has 6 atom stereocenters. The number of rotatable bonds is 19. The van der Waals surface area contributed by atoms with Crippen molar-refractivity contribution in [3.05, 3.63) is 84.5 Å². The summed E-state index contributed by atoms with van der Waals surface area (Å²) in [7, 11) is 0. The van der Waals surface area contributed by atoms with Crippen molar-refractivity contribution in [3.8, 4) is 23.0 Å². The van der Waals surface area contributed by atoms with Crippen molar-refractivity contribution in [2.24, 2.45) is 22.9 Å². The van der Waals surface area contributed by atoms with Crippen LogP contribution in [0.15, 0.2) is 78.5 Å². The second-order valence-electron chi connectivity index (χ2n) is 16.1. The van der Waals surface area contributed by atoms with Crippen LogP contribution in [0, 0.1) is 17.8 Å². The first-order valence-corrected chi connectivity index (χ1v) is 20.3. The third-order valence-corrected chi connectivity index (χ3v) is 11.2. The summed E-state index contributed by atoms with van der Waals surface area (Å²) < 4.78 is 31.8. The average Bonchev–Trinajstić information content (AvgIpc) is 3.67. The lowest BCUT2D eigenvalue weighted by Gasteiger charge is -2.60. The van der Waals surface area contributed by atoms with Gasteiger partial charge in [-0.3, -0.25) is 4.79 Å². The number of ether oxygens (including phenoxy) is 5. The first-order chi connectivity index (χ1) is 27.1. The van der Waals surface area contributed by atoms with Crippen LogP contribution in [0.3, 0.4) is 0 Å². The number of unbranched alkanes of at least 4 members (excludes halogenated alkanes) is 2. The van der Waals surface area contributed by atoms with E-state index in [-0.39, 0.29) is 50.3 Å². The highest BCUT2D eigenvalue weighted by atomic mass is 16.7. The molecule has 0 saturated heterocycles. The summed E-state index contributed by atoms with van der Waals surface area (Å²) in [6.45, 7) is 17.2. The highest BCUT2D eigenvalue weighted by Gasteiger charge is 2.65. The van der Waals surface area contributed by atoms with Gasteiger partial charge in [-0.25, -0.2) is 0 Å². The molecule has 11 nitrogen and oxygen atoms in total. The van der Waals surface area contributed by atoms with Crippen LogP contribution in [-0.4, -0.2) is 83.9 Å². The number of hydrogen-bond donors (Lipinski definition) is 2. The molecule has 4 aliphatic rings. The fraction of sp³-hybridized carbons (Fsp3) is 0.556. The SMILES string of the molecule is C=CCOc1ccc2c(c1)[C@H]1[C@H](CCCCO)[C@@H](CCCCO)C=C3C(=NOC(C)(C)C)C[C@H](N(CCC)C(=O)c4ccc5c(c4)OCO5)[C@@](OCC=C)(O2)[C@H]31. The van der Waals surface area contributed by atoms with Gasteiger partial charge in [-0.05, 0) is 107 Å². The Bertz CT molecular complexity index is 1770. The van der Waals surface area contributed by atoms with E-state index in [2.05, 4.69) is 32.2 Å². The first-order valence-electron chi connectivity index (χ1n) is 20.3. The molecule has 2 aromatic carbocycles. The second-order valence-corrected chi connectivity index (χ2v) is 16.1. The van der Waals surface area contributed by atoms with Gasteiger partial charge in [-0.1, -0.05) is 49.7 Å². The van der Waals surface area contributed by atoms with Gasteiger partial charge in [0, 0.05) is 43.2 Å². The number of hydrogen-bond acceptors (Lipinski definition) is 10. The summed E-state index contributed by atoms with van der Waals surface area (Å²) in [6.07, 6.45) is 11.6. The molecule has 6 rings (SSSR count). The van der Waals surface area contributed by atoms with E-state index >= 15 is 0 Å². The van der Waals surface area contributed by atoms with Gasteiger partial charge in [-0.2, -0.15) is 0 Å². The van der Waals surface area contributed by atoms with E-state index in [1.807, 2.05) is 37.8 Å². The van der Waals surface area contributed by atoms with Crippen LogP contribution < -0.4 is 18.9 Å². The maximum absolute atomic E-state index is 15.0. The number of aliphatic hydroxyl groups is 2. The fourth-order valence-corrected chi connectivity index (χ4v) is 8.92. The Morgan fingerprint density at radius 3 is 2.43 bits per heavy atom. The molecule has 0 spiro atoms. The lowest BCUT2D eigenvalue weighted by Crippen LogP contribution is -2.70. The van der Waals surface area contributed by atoms with Gasteiger partial charge >= 0.3 is 0 Å². The van der Waals surface area contributed by atoms with Crippen molar-refractivity contribution in [1.29, 1.82) is 0 Å². The average molecular weight is 773 g/mol. The number of amides is 1. The molecule has 0 aromatic heterocycles. The summed E-state index contributed by atoms with van der Waals surface area (Å²) in [4.78, 5) is 23.1. The van der Waals surface area contributed by atoms with Crippen molar-refractivity contribution >= 4 is 11.6 Å². The van der Waals surface area contributed by atoms with Crippen molar-refractivity contribution in [2.75, 3.05) is 39.8 Å². The van der Waals surface area contributed by atoms with E-state index in [1.54, 1.807) is 30.4 Å². The van der Waals surface area contributed by atoms with Gasteiger partial charge in [0.15, 0.2) is 11.5 Å². The standard InChI is InChI=1S/C45H60N2O9/c1-7-20-47(43(50)31-16-18-38-39(26-31)53-29-52-38)40-28-36(46-56-44(4,5)6)34-25-30(14-10-12-21-48)33(15-11-13-22-49)41-35-27-32(51-23-8-2)17-19-37(35)55-45(40,42(34)41)54-24-9-3/h8-9,16-19,25-27,30,33,40-42,48-49H,2-3,7,10-15,20-24,28-29H2,1,4-6H3/t30-,33+,40-,41+,42+,45+/m0/s1. The van der Waals surface area contributed by atoms with E-state index < -0.39 is 23.3 Å². The zero-order valence-corrected chi connectivity index (χ0v) is 33.5. The minimum absolute atomic E-state index is 0.103. The smallest absolute Gasteiger partial charge is 0.254 e. The summed E-state index contributed by atoms with van der Waals surface area (Å²) in [5, 5.41) is 24.7. The fourth-order valence-electron chi connectivity index (χ4n) is 8.92. The molecule has 1 fully saturated rings. The Hall–Kier alpha value is -4.32. The van der Waals surface area contributed by atoms with Crippen LogP contribution in [0.4, 0.5) is 0 Å². The number of aliphatic hydroxyl groups excluding tert-OH is 2.